The Hall–Kier alpha value is -6.98. The lowest BCUT2D eigenvalue weighted by Gasteiger charge is -2.27. The summed E-state index contributed by atoms with van der Waals surface area (Å²) in [5.41, 5.74) is 16.5. The number of benzene rings is 6. The number of aromatic hydroxyl groups is 1. The van der Waals surface area contributed by atoms with E-state index in [-0.39, 0.29) is 27.4 Å². The normalized spacial score (nSPS) is 12.5. The van der Waals surface area contributed by atoms with E-state index in [0.717, 1.165) is 90.2 Å². The predicted octanol–water partition coefficient (Wildman–Crippen LogP) is 17.2. The van der Waals surface area contributed by atoms with Crippen molar-refractivity contribution in [1.29, 1.82) is 0 Å². The lowest BCUT2D eigenvalue weighted by molar-refractivity contribution is 0.409. The van der Waals surface area contributed by atoms with Crippen molar-refractivity contribution in [2.24, 2.45) is 5.41 Å². The predicted molar refractivity (Wildman–Crippen MR) is 285 cm³/mol. The third kappa shape index (κ3) is 9.32. The van der Waals surface area contributed by atoms with Gasteiger partial charge in [-0.15, -0.1) is 0 Å². The molecular formula is C63H65N3O2. The summed E-state index contributed by atoms with van der Waals surface area (Å²) >= 11 is 0. The second-order valence-corrected chi connectivity index (χ2v) is 22.9. The maximum absolute atomic E-state index is 12.6. The van der Waals surface area contributed by atoms with E-state index in [9.17, 15) is 5.11 Å². The van der Waals surface area contributed by atoms with Gasteiger partial charge in [0.1, 0.15) is 17.3 Å². The molecule has 6 aromatic carbocycles. The number of hydrogen-bond donors (Lipinski definition) is 1. The van der Waals surface area contributed by atoms with Crippen LogP contribution in [0, 0.1) is 5.41 Å². The van der Waals surface area contributed by atoms with Gasteiger partial charge in [-0.2, -0.15) is 0 Å². The molecule has 1 N–H and O–H groups in total. The molecule has 0 saturated heterocycles. The van der Waals surface area contributed by atoms with Crippen LogP contribution in [0.5, 0.6) is 5.75 Å². The topological polar surface area (TPSA) is 64.1 Å². The van der Waals surface area contributed by atoms with Crippen LogP contribution in [0.25, 0.3) is 84.1 Å². The average molecular weight is 896 g/mol. The first-order valence-corrected chi connectivity index (χ1v) is 24.0. The molecule has 0 fully saturated rings. The molecule has 0 saturated carbocycles. The summed E-state index contributed by atoms with van der Waals surface area (Å²) < 4.78 is 8.57. The molecule has 0 aliphatic carbocycles. The van der Waals surface area contributed by atoms with Gasteiger partial charge in [0.05, 0.1) is 34.2 Å². The number of phenolic OH excluding ortho intramolecular Hbond substituents is 1. The fourth-order valence-corrected chi connectivity index (χ4v) is 9.29. The highest BCUT2D eigenvalue weighted by Crippen LogP contribution is 2.46. The van der Waals surface area contributed by atoms with Gasteiger partial charge in [-0.3, -0.25) is 9.55 Å². The van der Waals surface area contributed by atoms with E-state index < -0.39 is 0 Å². The Balaban J connectivity index is 1.34. The number of pyridine rings is 1. The molecule has 0 atom stereocenters. The molecular weight excluding hydrogens is 831 g/mol. The van der Waals surface area contributed by atoms with E-state index in [4.69, 9.17) is 14.4 Å². The molecule has 0 aliphatic rings. The number of nitrogens with zero attached hydrogens (tertiary/aromatic N) is 3. The van der Waals surface area contributed by atoms with Crippen molar-refractivity contribution in [2.75, 3.05) is 0 Å². The maximum atomic E-state index is 12.6. The molecule has 0 amide bonds. The monoisotopic (exact) mass is 896 g/mol. The highest BCUT2D eigenvalue weighted by Gasteiger charge is 2.30. The zero-order valence-electron chi connectivity index (χ0n) is 41.9. The molecule has 68 heavy (non-hydrogen) atoms. The van der Waals surface area contributed by atoms with Crippen LogP contribution >= 0.6 is 0 Å². The zero-order valence-corrected chi connectivity index (χ0v) is 41.9. The molecule has 0 bridgehead atoms. The summed E-state index contributed by atoms with van der Waals surface area (Å²) in [6, 6.07) is 51.7. The second-order valence-electron chi connectivity index (χ2n) is 22.9. The Morgan fingerprint density at radius 3 is 1.84 bits per heavy atom. The number of aromatic nitrogens is 3. The molecule has 5 nitrogen and oxygen atoms in total. The SMILES string of the molecule is CC(C)(C)Cc1coc(-c2ccc(-n3c(-c4cc(C(C)(C)C)cc(C(C)(C)C)c4O)nc4c(-c5cc(-c6cc(-c7ccccc7)ccn6)cc(C(C)(C)C)c5)cccc43)c(-c3ccccc3)c2)c1. The van der Waals surface area contributed by atoms with E-state index >= 15 is 0 Å². The first-order chi connectivity index (χ1) is 32.1. The zero-order chi connectivity index (χ0) is 48.3. The Morgan fingerprint density at radius 1 is 0.515 bits per heavy atom. The van der Waals surface area contributed by atoms with E-state index in [1.54, 1.807) is 0 Å². The van der Waals surface area contributed by atoms with Crippen molar-refractivity contribution in [1.82, 2.24) is 14.5 Å². The molecule has 0 unspecified atom stereocenters. The van der Waals surface area contributed by atoms with Crippen LogP contribution in [-0.2, 0) is 22.7 Å². The van der Waals surface area contributed by atoms with Gasteiger partial charge < -0.3 is 9.52 Å². The lowest BCUT2D eigenvalue weighted by atomic mass is 9.79. The third-order valence-corrected chi connectivity index (χ3v) is 13.0. The number of hydrogen-bond acceptors (Lipinski definition) is 4. The number of imidazole rings is 1. The van der Waals surface area contributed by atoms with Crippen molar-refractivity contribution in [3.05, 3.63) is 180 Å². The number of furan rings is 1. The van der Waals surface area contributed by atoms with Gasteiger partial charge in [0.15, 0.2) is 0 Å². The summed E-state index contributed by atoms with van der Waals surface area (Å²) in [4.78, 5) is 10.7. The van der Waals surface area contributed by atoms with E-state index in [1.807, 2.05) is 18.5 Å². The van der Waals surface area contributed by atoms with Crippen molar-refractivity contribution in [2.45, 2.75) is 106 Å². The second kappa shape index (κ2) is 17.3. The molecule has 3 aromatic heterocycles. The molecule has 5 heteroatoms. The van der Waals surface area contributed by atoms with Crippen LogP contribution in [-0.4, -0.2) is 19.6 Å². The third-order valence-electron chi connectivity index (χ3n) is 13.0. The van der Waals surface area contributed by atoms with Gasteiger partial charge in [0.25, 0.3) is 0 Å². The standard InChI is InChI=1S/C63H65N3O2/c1-60(2,3)38-40-30-56(68-39-40)44-26-27-54(50(34-44)42-22-17-14-18-23-42)66-55-25-19-24-49(57(55)65-59(66)51-36-48(62(7,8)9)37-52(58(51)67)63(10,11)12)45-31-46(33-47(32-45)61(4,5)6)53-35-43(28-29-64-53)41-20-15-13-16-21-41/h13-37,39,67H,38H2,1-12H3. The molecule has 9 rings (SSSR count). The minimum atomic E-state index is -0.344. The minimum Gasteiger partial charge on any atom is -0.507 e. The Bertz CT molecular complexity index is 3290. The highest BCUT2D eigenvalue weighted by atomic mass is 16.3. The van der Waals surface area contributed by atoms with E-state index in [0.29, 0.717) is 11.4 Å². The molecule has 3 heterocycles. The van der Waals surface area contributed by atoms with Gasteiger partial charge in [0.2, 0.25) is 0 Å². The number of para-hydroxylation sites is 1. The largest absolute Gasteiger partial charge is 0.507 e. The molecule has 0 aliphatic heterocycles. The fraction of sp³-hybridized carbons (Fsp3) is 0.270. The van der Waals surface area contributed by atoms with Crippen molar-refractivity contribution in [3.63, 3.8) is 0 Å². The lowest BCUT2D eigenvalue weighted by Crippen LogP contribution is -2.17. The first kappa shape index (κ1) is 46.1. The summed E-state index contributed by atoms with van der Waals surface area (Å²) in [6.07, 6.45) is 4.72. The van der Waals surface area contributed by atoms with Crippen LogP contribution in [0.4, 0.5) is 0 Å². The number of phenols is 1. The molecule has 9 aromatic rings. The Labute approximate surface area is 403 Å². The van der Waals surface area contributed by atoms with Crippen molar-refractivity contribution in [3.8, 4) is 78.8 Å². The van der Waals surface area contributed by atoms with Gasteiger partial charge >= 0.3 is 0 Å². The van der Waals surface area contributed by atoms with Gasteiger partial charge in [-0.25, -0.2) is 4.98 Å². The van der Waals surface area contributed by atoms with Crippen LogP contribution < -0.4 is 0 Å². The fourth-order valence-electron chi connectivity index (χ4n) is 9.29. The highest BCUT2D eigenvalue weighted by molar-refractivity contribution is 5.98. The number of rotatable bonds is 8. The number of fused-ring (bicyclic) bond motifs is 1. The summed E-state index contributed by atoms with van der Waals surface area (Å²) in [5, 5.41) is 12.6. The summed E-state index contributed by atoms with van der Waals surface area (Å²) in [6.45, 7) is 26.7. The summed E-state index contributed by atoms with van der Waals surface area (Å²) in [5.74, 6) is 1.74. The minimum absolute atomic E-state index is 0.126. The van der Waals surface area contributed by atoms with Crippen LogP contribution in [0.2, 0.25) is 0 Å². The van der Waals surface area contributed by atoms with Gasteiger partial charge in [-0.05, 0) is 128 Å². The van der Waals surface area contributed by atoms with E-state index in [2.05, 4.69) is 227 Å². The first-order valence-electron chi connectivity index (χ1n) is 24.0. The van der Waals surface area contributed by atoms with Crippen molar-refractivity contribution < 1.29 is 9.52 Å². The van der Waals surface area contributed by atoms with Crippen LogP contribution in [0.3, 0.4) is 0 Å². The quantitative estimate of drug-likeness (QED) is 0.165. The maximum Gasteiger partial charge on any atom is 0.149 e. The molecule has 0 radical (unpaired) electrons. The van der Waals surface area contributed by atoms with Gasteiger partial charge in [0, 0.05) is 34.0 Å². The average Bonchev–Trinajstić information content (AvgIpc) is 3.92. The Morgan fingerprint density at radius 2 is 1.18 bits per heavy atom. The van der Waals surface area contributed by atoms with Crippen molar-refractivity contribution >= 4 is 11.0 Å². The molecule has 344 valence electrons. The van der Waals surface area contributed by atoms with Crippen LogP contribution in [0.1, 0.15) is 105 Å². The van der Waals surface area contributed by atoms with Crippen LogP contribution in [0.15, 0.2) is 162 Å². The summed E-state index contributed by atoms with van der Waals surface area (Å²) in [7, 11) is 0. The molecule has 0 spiro atoms. The van der Waals surface area contributed by atoms with Gasteiger partial charge in [-0.1, -0.05) is 168 Å². The van der Waals surface area contributed by atoms with E-state index in [1.165, 1.54) is 11.1 Å². The smallest absolute Gasteiger partial charge is 0.149 e. The Kier molecular flexibility index (Phi) is 11.7.